The maximum absolute atomic E-state index is 12.2. The summed E-state index contributed by atoms with van der Waals surface area (Å²) in [5, 5.41) is 0.161. The van der Waals surface area contributed by atoms with Gasteiger partial charge < -0.3 is 0 Å². The van der Waals surface area contributed by atoms with Gasteiger partial charge in [-0.25, -0.2) is 13.1 Å². The summed E-state index contributed by atoms with van der Waals surface area (Å²) >= 11 is 20.7. The minimum absolute atomic E-state index is 0.0804. The molecule has 0 fully saturated rings. The Labute approximate surface area is 136 Å². The summed E-state index contributed by atoms with van der Waals surface area (Å²) in [4.78, 5) is -0.0999. The van der Waals surface area contributed by atoms with Gasteiger partial charge in [0, 0.05) is 16.9 Å². The van der Waals surface area contributed by atoms with E-state index in [-0.39, 0.29) is 27.4 Å². The summed E-state index contributed by atoms with van der Waals surface area (Å²) in [5.41, 5.74) is 0. The van der Waals surface area contributed by atoms with Gasteiger partial charge >= 0.3 is 0 Å². The lowest BCUT2D eigenvalue weighted by atomic mass is 10.1. The Morgan fingerprint density at radius 3 is 2.32 bits per heavy atom. The van der Waals surface area contributed by atoms with E-state index < -0.39 is 10.0 Å². The predicted octanol–water partition coefficient (Wildman–Crippen LogP) is 4.30. The molecule has 0 aromatic heterocycles. The summed E-state index contributed by atoms with van der Waals surface area (Å²) < 4.78 is 27.4. The summed E-state index contributed by atoms with van der Waals surface area (Å²) in [7, 11) is -3.73. The van der Waals surface area contributed by atoms with E-state index in [1.807, 2.05) is 6.92 Å². The predicted molar refractivity (Wildman–Crippen MR) is 83.9 cm³/mol. The molecule has 0 spiro atoms. The third-order valence-corrected chi connectivity index (χ3v) is 5.48. The molecular weight excluding hydrogens is 396 g/mol. The zero-order valence-corrected chi connectivity index (χ0v) is 14.8. The molecule has 0 saturated heterocycles. The van der Waals surface area contributed by atoms with Crippen LogP contribution in [0.15, 0.2) is 21.5 Å². The average Bonchev–Trinajstić information content (AvgIpc) is 2.25. The van der Waals surface area contributed by atoms with Gasteiger partial charge in [0.15, 0.2) is 0 Å². The molecule has 1 atom stereocenters. The van der Waals surface area contributed by atoms with E-state index in [1.54, 1.807) is 0 Å². The third kappa shape index (κ3) is 5.06. The van der Waals surface area contributed by atoms with E-state index in [2.05, 4.69) is 20.7 Å². The fraction of sp³-hybridized carbons (Fsp3) is 0.455. The standard InChI is InChI=1S/C11H13BrCl3NO2S/c1-7(2-3-13)6-16-19(17,18)11-9(14)4-8(12)5-10(11)15/h4-5,7,16H,2-3,6H2,1H3. The van der Waals surface area contributed by atoms with Crippen LogP contribution in [-0.2, 0) is 10.0 Å². The van der Waals surface area contributed by atoms with Gasteiger partial charge in [0.1, 0.15) is 4.90 Å². The number of alkyl halides is 1. The molecule has 19 heavy (non-hydrogen) atoms. The zero-order valence-electron chi connectivity index (χ0n) is 10.1. The van der Waals surface area contributed by atoms with Crippen LogP contribution in [0.1, 0.15) is 13.3 Å². The van der Waals surface area contributed by atoms with Crippen LogP contribution in [0.4, 0.5) is 0 Å². The second-order valence-corrected chi connectivity index (χ2v) is 7.95. The molecule has 1 rings (SSSR count). The highest BCUT2D eigenvalue weighted by atomic mass is 79.9. The van der Waals surface area contributed by atoms with Crippen LogP contribution in [0, 0.1) is 5.92 Å². The second-order valence-electron chi connectivity index (χ2n) is 4.13. The van der Waals surface area contributed by atoms with Crippen LogP contribution in [0.5, 0.6) is 0 Å². The second kappa shape index (κ2) is 7.48. The molecule has 3 nitrogen and oxygen atoms in total. The summed E-state index contributed by atoms with van der Waals surface area (Å²) in [6, 6.07) is 2.98. The topological polar surface area (TPSA) is 46.2 Å². The van der Waals surface area contributed by atoms with Crippen LogP contribution in [0.3, 0.4) is 0 Å². The number of halogens is 4. The Kier molecular flexibility index (Phi) is 6.90. The molecule has 108 valence electrons. The van der Waals surface area contributed by atoms with Crippen molar-refractivity contribution in [2.75, 3.05) is 12.4 Å². The lowest BCUT2D eigenvalue weighted by molar-refractivity contribution is 0.530. The number of benzene rings is 1. The van der Waals surface area contributed by atoms with Gasteiger partial charge in [0.2, 0.25) is 10.0 Å². The molecule has 1 aromatic rings. The molecule has 0 radical (unpaired) electrons. The molecule has 8 heteroatoms. The molecule has 0 bridgehead atoms. The Bertz CT molecular complexity index is 528. The van der Waals surface area contributed by atoms with Gasteiger partial charge in [-0.2, -0.15) is 0 Å². The van der Waals surface area contributed by atoms with Crippen molar-refractivity contribution in [2.45, 2.75) is 18.2 Å². The summed E-state index contributed by atoms with van der Waals surface area (Å²) in [6.07, 6.45) is 0.728. The largest absolute Gasteiger partial charge is 0.243 e. The van der Waals surface area contributed by atoms with E-state index in [0.29, 0.717) is 10.4 Å². The van der Waals surface area contributed by atoms with E-state index in [1.165, 1.54) is 12.1 Å². The van der Waals surface area contributed by atoms with E-state index in [4.69, 9.17) is 34.8 Å². The van der Waals surface area contributed by atoms with Gasteiger partial charge in [-0.3, -0.25) is 0 Å². The molecule has 0 aliphatic rings. The molecule has 0 heterocycles. The zero-order chi connectivity index (χ0) is 14.6. The summed E-state index contributed by atoms with van der Waals surface area (Å²) in [6.45, 7) is 2.20. The molecular formula is C11H13BrCl3NO2S. The molecule has 1 N–H and O–H groups in total. The molecule has 1 aromatic carbocycles. The van der Waals surface area contributed by atoms with E-state index in [0.717, 1.165) is 6.42 Å². The Balaban J connectivity index is 2.95. The highest BCUT2D eigenvalue weighted by molar-refractivity contribution is 9.10. The van der Waals surface area contributed by atoms with Crippen molar-refractivity contribution in [1.82, 2.24) is 4.72 Å². The van der Waals surface area contributed by atoms with Crippen molar-refractivity contribution in [3.05, 3.63) is 26.7 Å². The Morgan fingerprint density at radius 2 is 1.84 bits per heavy atom. The van der Waals surface area contributed by atoms with Gasteiger partial charge in [-0.1, -0.05) is 46.1 Å². The molecule has 0 aliphatic carbocycles. The van der Waals surface area contributed by atoms with Crippen LogP contribution >= 0.6 is 50.7 Å². The van der Waals surface area contributed by atoms with Crippen molar-refractivity contribution >= 4 is 60.8 Å². The highest BCUT2D eigenvalue weighted by Crippen LogP contribution is 2.32. The monoisotopic (exact) mass is 407 g/mol. The van der Waals surface area contributed by atoms with Crippen molar-refractivity contribution in [3.8, 4) is 0 Å². The Hall–Kier alpha value is 0.480. The lowest BCUT2D eigenvalue weighted by Crippen LogP contribution is -2.29. The third-order valence-electron chi connectivity index (χ3n) is 2.46. The Morgan fingerprint density at radius 1 is 1.32 bits per heavy atom. The SMILES string of the molecule is CC(CCCl)CNS(=O)(=O)c1c(Cl)cc(Br)cc1Cl. The van der Waals surface area contributed by atoms with Gasteiger partial charge in [0.25, 0.3) is 0 Å². The van der Waals surface area contributed by atoms with Crippen LogP contribution in [0.2, 0.25) is 10.0 Å². The first-order valence-electron chi connectivity index (χ1n) is 5.48. The van der Waals surface area contributed by atoms with Gasteiger partial charge in [-0.05, 0) is 24.5 Å². The van der Waals surface area contributed by atoms with Crippen molar-refractivity contribution in [3.63, 3.8) is 0 Å². The van der Waals surface area contributed by atoms with E-state index >= 15 is 0 Å². The first-order valence-corrected chi connectivity index (χ1v) is 9.04. The molecule has 0 saturated carbocycles. The average molecular weight is 410 g/mol. The number of nitrogens with one attached hydrogen (secondary N) is 1. The number of hydrogen-bond acceptors (Lipinski definition) is 2. The molecule has 0 aliphatic heterocycles. The fourth-order valence-electron chi connectivity index (χ4n) is 1.40. The normalized spacial score (nSPS) is 13.5. The first-order chi connectivity index (χ1) is 8.77. The molecule has 0 amide bonds. The first kappa shape index (κ1) is 17.5. The van der Waals surface area contributed by atoms with Crippen molar-refractivity contribution in [2.24, 2.45) is 5.92 Å². The highest BCUT2D eigenvalue weighted by Gasteiger charge is 2.22. The number of hydrogen-bond donors (Lipinski definition) is 1. The number of rotatable bonds is 6. The van der Waals surface area contributed by atoms with Crippen molar-refractivity contribution in [1.29, 1.82) is 0 Å². The summed E-state index contributed by atoms with van der Waals surface area (Å²) in [5.74, 6) is 0.628. The van der Waals surface area contributed by atoms with Crippen molar-refractivity contribution < 1.29 is 8.42 Å². The number of sulfonamides is 1. The molecule has 1 unspecified atom stereocenters. The minimum atomic E-state index is -3.73. The maximum atomic E-state index is 12.2. The van der Waals surface area contributed by atoms with Gasteiger partial charge in [0.05, 0.1) is 10.0 Å². The quantitative estimate of drug-likeness (QED) is 0.712. The van der Waals surface area contributed by atoms with Crippen LogP contribution in [-0.4, -0.2) is 20.8 Å². The smallest absolute Gasteiger partial charge is 0.211 e. The van der Waals surface area contributed by atoms with Gasteiger partial charge in [-0.15, -0.1) is 11.6 Å². The lowest BCUT2D eigenvalue weighted by Gasteiger charge is -2.13. The maximum Gasteiger partial charge on any atom is 0.243 e. The van der Waals surface area contributed by atoms with E-state index in [9.17, 15) is 8.42 Å². The van der Waals surface area contributed by atoms with Crippen LogP contribution < -0.4 is 4.72 Å². The van der Waals surface area contributed by atoms with Crippen LogP contribution in [0.25, 0.3) is 0 Å². The minimum Gasteiger partial charge on any atom is -0.211 e. The fourth-order valence-corrected chi connectivity index (χ4v) is 4.87.